The van der Waals surface area contributed by atoms with Gasteiger partial charge in [0.1, 0.15) is 0 Å². The molecule has 1 aliphatic heterocycles. The summed E-state index contributed by atoms with van der Waals surface area (Å²) in [5, 5.41) is 0. The molecule has 0 radical (unpaired) electrons. The van der Waals surface area contributed by atoms with Crippen LogP contribution < -0.4 is 14.9 Å². The van der Waals surface area contributed by atoms with Gasteiger partial charge in [-0.2, -0.15) is 0 Å². The highest BCUT2D eigenvalue weighted by molar-refractivity contribution is 7.98. The highest BCUT2D eigenvalue weighted by atomic mass is 32.2. The van der Waals surface area contributed by atoms with Crippen molar-refractivity contribution in [3.8, 4) is 0 Å². The highest BCUT2D eigenvalue weighted by Crippen LogP contribution is 2.31. The topological polar surface area (TPSA) is 60.7 Å². The maximum atomic E-state index is 13.5. The largest absolute Gasteiger partial charge is 0.463 e. The van der Waals surface area contributed by atoms with E-state index in [9.17, 15) is 9.59 Å². The van der Waals surface area contributed by atoms with Crippen molar-refractivity contribution in [3.05, 3.63) is 96.7 Å². The molecule has 0 saturated carbocycles. The summed E-state index contributed by atoms with van der Waals surface area (Å²) in [7, 11) is 0. The summed E-state index contributed by atoms with van der Waals surface area (Å²) < 4.78 is 7.52. The van der Waals surface area contributed by atoms with Crippen LogP contribution in [-0.4, -0.2) is 23.4 Å². The number of rotatable bonds is 5. The minimum atomic E-state index is -0.580. The van der Waals surface area contributed by atoms with Crippen LogP contribution in [0.25, 0.3) is 6.08 Å². The molecule has 2 heterocycles. The number of hydrogen-bond acceptors (Lipinski definition) is 6. The molecule has 4 rings (SSSR count). The standard InChI is InChI=1S/C24H22N2O3S2/c1-4-29-23(28)20-15(2)25-24-26(21(20)17-10-12-18(30-3)13-11-17)22(27)19(31-24)14-16-8-6-5-7-9-16/h5-14,21H,4H2,1-3H3/b19-14-/t21-/m1/s1. The summed E-state index contributed by atoms with van der Waals surface area (Å²) in [4.78, 5) is 32.6. The fraction of sp³-hybridized carbons (Fsp3) is 0.208. The molecule has 2 aromatic carbocycles. The predicted octanol–water partition coefficient (Wildman–Crippen LogP) is 3.52. The fourth-order valence-electron chi connectivity index (χ4n) is 3.59. The van der Waals surface area contributed by atoms with Crippen LogP contribution in [0.2, 0.25) is 0 Å². The van der Waals surface area contributed by atoms with E-state index in [1.807, 2.05) is 66.9 Å². The van der Waals surface area contributed by atoms with Crippen molar-refractivity contribution in [2.45, 2.75) is 24.8 Å². The van der Waals surface area contributed by atoms with Crippen LogP contribution in [0.3, 0.4) is 0 Å². The van der Waals surface area contributed by atoms with E-state index in [-0.39, 0.29) is 12.2 Å². The Bertz CT molecular complexity index is 1320. The molecule has 0 N–H and O–H groups in total. The Morgan fingerprint density at radius 1 is 1.19 bits per heavy atom. The smallest absolute Gasteiger partial charge is 0.338 e. The lowest BCUT2D eigenvalue weighted by molar-refractivity contribution is -0.139. The molecule has 1 aliphatic rings. The second-order valence-corrected chi connectivity index (χ2v) is 8.87. The van der Waals surface area contributed by atoms with Crippen molar-refractivity contribution in [1.29, 1.82) is 0 Å². The lowest BCUT2D eigenvalue weighted by atomic mass is 9.96. The maximum Gasteiger partial charge on any atom is 0.338 e. The number of ether oxygens (including phenoxy) is 1. The van der Waals surface area contributed by atoms with Gasteiger partial charge in [0.05, 0.1) is 28.5 Å². The van der Waals surface area contributed by atoms with E-state index in [0.29, 0.717) is 20.6 Å². The van der Waals surface area contributed by atoms with E-state index in [0.717, 1.165) is 16.0 Å². The van der Waals surface area contributed by atoms with Crippen LogP contribution in [0.5, 0.6) is 0 Å². The van der Waals surface area contributed by atoms with Gasteiger partial charge >= 0.3 is 5.97 Å². The zero-order valence-corrected chi connectivity index (χ0v) is 19.1. The van der Waals surface area contributed by atoms with Crippen molar-refractivity contribution in [2.24, 2.45) is 4.99 Å². The first-order chi connectivity index (χ1) is 15.0. The Labute approximate surface area is 188 Å². The van der Waals surface area contributed by atoms with Gasteiger partial charge in [0.2, 0.25) is 0 Å². The molecular formula is C24H22N2O3S2. The van der Waals surface area contributed by atoms with E-state index >= 15 is 0 Å². The van der Waals surface area contributed by atoms with Crippen molar-refractivity contribution >= 4 is 35.1 Å². The molecule has 0 aliphatic carbocycles. The summed E-state index contributed by atoms with van der Waals surface area (Å²) in [6, 6.07) is 17.0. The lowest BCUT2D eigenvalue weighted by Gasteiger charge is -2.24. The summed E-state index contributed by atoms with van der Waals surface area (Å²) in [6.45, 7) is 3.82. The molecule has 158 valence electrons. The first-order valence-electron chi connectivity index (χ1n) is 9.92. The Balaban J connectivity index is 1.95. The zero-order valence-electron chi connectivity index (χ0n) is 17.5. The minimum absolute atomic E-state index is 0.166. The summed E-state index contributed by atoms with van der Waals surface area (Å²) in [6.07, 6.45) is 3.87. The van der Waals surface area contributed by atoms with Gasteiger partial charge in [0, 0.05) is 4.90 Å². The Morgan fingerprint density at radius 2 is 1.90 bits per heavy atom. The van der Waals surface area contributed by atoms with Crippen LogP contribution in [-0.2, 0) is 9.53 Å². The van der Waals surface area contributed by atoms with Gasteiger partial charge in [-0.1, -0.05) is 53.8 Å². The number of hydrogen-bond donors (Lipinski definition) is 0. The van der Waals surface area contributed by atoms with Crippen LogP contribution in [0.15, 0.2) is 80.5 Å². The molecule has 1 aromatic heterocycles. The number of allylic oxidation sites excluding steroid dienone is 1. The molecule has 3 aromatic rings. The normalized spacial score (nSPS) is 16.1. The predicted molar refractivity (Wildman–Crippen MR) is 125 cm³/mol. The van der Waals surface area contributed by atoms with Gasteiger partial charge in [-0.05, 0) is 49.4 Å². The molecule has 0 fully saturated rings. The number of nitrogens with zero attached hydrogens (tertiary/aromatic N) is 2. The average Bonchev–Trinajstić information content (AvgIpc) is 3.08. The summed E-state index contributed by atoms with van der Waals surface area (Å²) in [5.41, 5.74) is 2.60. The SMILES string of the molecule is CCOC(=O)C1=C(C)N=c2s/c(=C\c3ccccc3)c(=O)n2[C@@H]1c1ccc(SC)cc1. The summed E-state index contributed by atoms with van der Waals surface area (Å²) in [5.74, 6) is -0.444. The van der Waals surface area contributed by atoms with Gasteiger partial charge in [-0.25, -0.2) is 9.79 Å². The zero-order chi connectivity index (χ0) is 22.0. The number of thioether (sulfide) groups is 1. The van der Waals surface area contributed by atoms with E-state index in [1.54, 1.807) is 30.2 Å². The second kappa shape index (κ2) is 9.08. The Morgan fingerprint density at radius 3 is 2.55 bits per heavy atom. The van der Waals surface area contributed by atoms with Gasteiger partial charge in [-0.15, -0.1) is 11.8 Å². The van der Waals surface area contributed by atoms with Crippen molar-refractivity contribution in [2.75, 3.05) is 12.9 Å². The van der Waals surface area contributed by atoms with Crippen molar-refractivity contribution < 1.29 is 9.53 Å². The first kappa shape index (κ1) is 21.3. The van der Waals surface area contributed by atoms with Gasteiger partial charge in [0.25, 0.3) is 5.56 Å². The van der Waals surface area contributed by atoms with E-state index < -0.39 is 12.0 Å². The number of aromatic nitrogens is 1. The molecule has 0 saturated heterocycles. The molecular weight excluding hydrogens is 428 g/mol. The van der Waals surface area contributed by atoms with E-state index in [4.69, 9.17) is 4.74 Å². The quantitative estimate of drug-likeness (QED) is 0.441. The number of esters is 1. The second-order valence-electron chi connectivity index (χ2n) is 6.99. The van der Waals surface area contributed by atoms with Crippen LogP contribution in [0.4, 0.5) is 0 Å². The molecule has 0 spiro atoms. The Kier molecular flexibility index (Phi) is 6.25. The fourth-order valence-corrected chi connectivity index (χ4v) is 5.05. The van der Waals surface area contributed by atoms with Crippen LogP contribution >= 0.6 is 23.1 Å². The third-order valence-electron chi connectivity index (χ3n) is 5.05. The minimum Gasteiger partial charge on any atom is -0.463 e. The van der Waals surface area contributed by atoms with E-state index in [1.165, 1.54) is 11.3 Å². The molecule has 1 atom stereocenters. The first-order valence-corrected chi connectivity index (χ1v) is 12.0. The van der Waals surface area contributed by atoms with Gasteiger partial charge < -0.3 is 4.74 Å². The lowest BCUT2D eigenvalue weighted by Crippen LogP contribution is -2.39. The molecule has 7 heteroatoms. The molecule has 0 bridgehead atoms. The third-order valence-corrected chi connectivity index (χ3v) is 6.77. The number of thiazole rings is 1. The summed E-state index contributed by atoms with van der Waals surface area (Å²) >= 11 is 2.97. The van der Waals surface area contributed by atoms with Crippen LogP contribution in [0.1, 0.15) is 31.0 Å². The van der Waals surface area contributed by atoms with E-state index in [2.05, 4.69) is 4.99 Å². The number of benzene rings is 2. The third kappa shape index (κ3) is 4.16. The van der Waals surface area contributed by atoms with Gasteiger partial charge in [-0.3, -0.25) is 9.36 Å². The number of fused-ring (bicyclic) bond motifs is 1. The van der Waals surface area contributed by atoms with Crippen molar-refractivity contribution in [3.63, 3.8) is 0 Å². The Hall–Kier alpha value is -2.90. The number of carbonyl (C=O) groups is 1. The van der Waals surface area contributed by atoms with Crippen molar-refractivity contribution in [1.82, 2.24) is 4.57 Å². The average molecular weight is 451 g/mol. The monoisotopic (exact) mass is 450 g/mol. The molecule has 31 heavy (non-hydrogen) atoms. The molecule has 5 nitrogen and oxygen atoms in total. The van der Waals surface area contributed by atoms with Crippen LogP contribution in [0, 0.1) is 0 Å². The molecule has 0 unspecified atom stereocenters. The van der Waals surface area contributed by atoms with Gasteiger partial charge in [0.15, 0.2) is 4.80 Å². The maximum absolute atomic E-state index is 13.5. The highest BCUT2D eigenvalue weighted by Gasteiger charge is 2.33. The molecule has 0 amide bonds. The number of carbonyl (C=O) groups excluding carboxylic acids is 1.